The fourth-order valence-electron chi connectivity index (χ4n) is 2.66. The first kappa shape index (κ1) is 17.5. The molecule has 0 saturated heterocycles. The van der Waals surface area contributed by atoms with Crippen molar-refractivity contribution in [1.82, 2.24) is 4.57 Å². The SMILES string of the molecule is CCn1c(O)c(N=NC(=S)Nc2ccccc2[N+](=O)[O-])c2ccccc21. The number of aryl methyl sites for hydroxylation is 1. The summed E-state index contributed by atoms with van der Waals surface area (Å²) in [5.74, 6) is -0.00839. The number of nitro groups is 1. The summed E-state index contributed by atoms with van der Waals surface area (Å²) in [5, 5.41) is 32.8. The van der Waals surface area contributed by atoms with Gasteiger partial charge in [0, 0.05) is 18.0 Å². The molecule has 26 heavy (non-hydrogen) atoms. The highest BCUT2D eigenvalue weighted by Gasteiger charge is 2.16. The standard InChI is InChI=1S/C17H15N5O3S/c1-2-21-13-9-5-3-7-11(13)15(16(21)23)19-20-17(26)18-12-8-4-6-10-14(12)22(24)25/h3-10,23H,2H2,1H3,(H,18,26). The number of para-hydroxylation sites is 3. The molecule has 0 fully saturated rings. The van der Waals surface area contributed by atoms with Crippen LogP contribution in [0.1, 0.15) is 6.92 Å². The van der Waals surface area contributed by atoms with Crippen LogP contribution in [0.25, 0.3) is 10.9 Å². The zero-order valence-electron chi connectivity index (χ0n) is 13.8. The van der Waals surface area contributed by atoms with E-state index < -0.39 is 4.92 Å². The molecular formula is C17H15N5O3S. The van der Waals surface area contributed by atoms with E-state index in [-0.39, 0.29) is 22.4 Å². The molecule has 0 saturated carbocycles. The quantitative estimate of drug-likeness (QED) is 0.299. The monoisotopic (exact) mass is 369 g/mol. The van der Waals surface area contributed by atoms with Crippen molar-refractivity contribution in [2.24, 2.45) is 10.2 Å². The van der Waals surface area contributed by atoms with Crippen LogP contribution < -0.4 is 5.32 Å². The van der Waals surface area contributed by atoms with Crippen molar-refractivity contribution >= 4 is 45.3 Å². The van der Waals surface area contributed by atoms with E-state index in [2.05, 4.69) is 15.5 Å². The Morgan fingerprint density at radius 2 is 1.96 bits per heavy atom. The van der Waals surface area contributed by atoms with Gasteiger partial charge in [0.2, 0.25) is 11.0 Å². The molecule has 0 aliphatic heterocycles. The van der Waals surface area contributed by atoms with Crippen LogP contribution in [0.5, 0.6) is 5.88 Å². The minimum Gasteiger partial charge on any atom is -0.493 e. The van der Waals surface area contributed by atoms with E-state index in [4.69, 9.17) is 12.2 Å². The molecule has 0 radical (unpaired) electrons. The fraction of sp³-hybridized carbons (Fsp3) is 0.118. The van der Waals surface area contributed by atoms with Crippen LogP contribution in [-0.4, -0.2) is 19.7 Å². The van der Waals surface area contributed by atoms with Gasteiger partial charge in [-0.15, -0.1) is 10.2 Å². The van der Waals surface area contributed by atoms with Gasteiger partial charge in [-0.05, 0) is 31.3 Å². The maximum Gasteiger partial charge on any atom is 0.292 e. The molecule has 0 spiro atoms. The van der Waals surface area contributed by atoms with Crippen LogP contribution in [0.4, 0.5) is 17.1 Å². The predicted octanol–water partition coefficient (Wildman–Crippen LogP) is 4.76. The molecule has 9 heteroatoms. The summed E-state index contributed by atoms with van der Waals surface area (Å²) < 4.78 is 1.71. The van der Waals surface area contributed by atoms with E-state index in [1.54, 1.807) is 16.7 Å². The molecule has 0 aliphatic rings. The molecule has 2 aromatic carbocycles. The maximum absolute atomic E-state index is 11.0. The molecule has 8 nitrogen and oxygen atoms in total. The average Bonchev–Trinajstić information content (AvgIpc) is 2.91. The van der Waals surface area contributed by atoms with Gasteiger partial charge < -0.3 is 15.0 Å². The highest BCUT2D eigenvalue weighted by atomic mass is 32.1. The van der Waals surface area contributed by atoms with E-state index >= 15 is 0 Å². The average molecular weight is 369 g/mol. The topological polar surface area (TPSA) is 105 Å². The van der Waals surface area contributed by atoms with Crippen LogP contribution in [0.15, 0.2) is 58.8 Å². The third-order valence-electron chi connectivity index (χ3n) is 3.82. The second-order valence-electron chi connectivity index (χ2n) is 5.34. The van der Waals surface area contributed by atoms with Crippen molar-refractivity contribution in [1.29, 1.82) is 0 Å². The lowest BCUT2D eigenvalue weighted by Crippen LogP contribution is -2.07. The Morgan fingerprint density at radius 3 is 2.69 bits per heavy atom. The largest absolute Gasteiger partial charge is 0.493 e. The molecule has 0 aliphatic carbocycles. The molecule has 1 heterocycles. The van der Waals surface area contributed by atoms with E-state index in [1.165, 1.54) is 12.1 Å². The van der Waals surface area contributed by atoms with E-state index in [1.807, 2.05) is 31.2 Å². The predicted molar refractivity (Wildman–Crippen MR) is 103 cm³/mol. The summed E-state index contributed by atoms with van der Waals surface area (Å²) >= 11 is 5.10. The number of thiocarbonyl (C=S) groups is 1. The van der Waals surface area contributed by atoms with Gasteiger partial charge in [0.05, 0.1) is 10.4 Å². The molecule has 0 unspecified atom stereocenters. The number of hydrogen-bond acceptors (Lipinski definition) is 5. The molecule has 3 rings (SSSR count). The number of aromatic hydroxyl groups is 1. The van der Waals surface area contributed by atoms with E-state index in [0.717, 1.165) is 10.9 Å². The van der Waals surface area contributed by atoms with Crippen LogP contribution in [0.2, 0.25) is 0 Å². The molecule has 0 atom stereocenters. The van der Waals surface area contributed by atoms with Crippen molar-refractivity contribution in [3.8, 4) is 5.88 Å². The van der Waals surface area contributed by atoms with Gasteiger partial charge >= 0.3 is 0 Å². The Morgan fingerprint density at radius 1 is 1.27 bits per heavy atom. The Bertz CT molecular complexity index is 1030. The fourth-order valence-corrected chi connectivity index (χ4v) is 2.82. The normalized spacial score (nSPS) is 11.1. The Balaban J connectivity index is 1.89. The third-order valence-corrected chi connectivity index (χ3v) is 4.00. The number of hydrogen-bond donors (Lipinski definition) is 2. The third kappa shape index (κ3) is 3.24. The molecule has 0 bridgehead atoms. The first-order valence-corrected chi connectivity index (χ1v) is 8.20. The Labute approximate surface area is 153 Å². The van der Waals surface area contributed by atoms with Gasteiger partial charge in [-0.1, -0.05) is 30.3 Å². The van der Waals surface area contributed by atoms with E-state index in [0.29, 0.717) is 12.2 Å². The molecule has 3 aromatic rings. The highest BCUT2D eigenvalue weighted by molar-refractivity contribution is 7.80. The minimum absolute atomic E-state index is 0.00839. The summed E-state index contributed by atoms with van der Waals surface area (Å²) in [4.78, 5) is 10.5. The van der Waals surface area contributed by atoms with Crippen LogP contribution in [0, 0.1) is 10.1 Å². The van der Waals surface area contributed by atoms with Crippen molar-refractivity contribution < 1.29 is 10.0 Å². The number of nitrogens with one attached hydrogen (secondary N) is 1. The Kier molecular flexibility index (Phi) is 4.90. The molecule has 132 valence electrons. The molecule has 2 N–H and O–H groups in total. The number of rotatable bonds is 4. The first-order valence-electron chi connectivity index (χ1n) is 7.79. The van der Waals surface area contributed by atoms with Crippen molar-refractivity contribution in [2.45, 2.75) is 13.5 Å². The lowest BCUT2D eigenvalue weighted by molar-refractivity contribution is -0.383. The van der Waals surface area contributed by atoms with Crippen molar-refractivity contribution in [3.63, 3.8) is 0 Å². The second-order valence-corrected chi connectivity index (χ2v) is 5.72. The van der Waals surface area contributed by atoms with Gasteiger partial charge in [0.15, 0.2) is 5.69 Å². The number of nitro benzene ring substituents is 1. The summed E-state index contributed by atoms with van der Waals surface area (Å²) in [5.41, 5.74) is 1.24. The Hall–Kier alpha value is -3.33. The minimum atomic E-state index is -0.511. The van der Waals surface area contributed by atoms with E-state index in [9.17, 15) is 15.2 Å². The lowest BCUT2D eigenvalue weighted by atomic mass is 10.2. The van der Waals surface area contributed by atoms with Crippen LogP contribution in [-0.2, 0) is 6.54 Å². The van der Waals surface area contributed by atoms with Gasteiger partial charge in [-0.3, -0.25) is 10.1 Å². The van der Waals surface area contributed by atoms with Gasteiger partial charge in [0.25, 0.3) is 5.69 Å². The van der Waals surface area contributed by atoms with Gasteiger partial charge in [0.1, 0.15) is 5.69 Å². The molecular weight excluding hydrogens is 354 g/mol. The zero-order valence-corrected chi connectivity index (χ0v) is 14.6. The van der Waals surface area contributed by atoms with Gasteiger partial charge in [-0.2, -0.15) is 0 Å². The number of azo groups is 1. The summed E-state index contributed by atoms with van der Waals surface area (Å²) in [7, 11) is 0. The number of fused-ring (bicyclic) bond motifs is 1. The number of aromatic nitrogens is 1. The summed E-state index contributed by atoms with van der Waals surface area (Å²) in [6.45, 7) is 2.48. The smallest absolute Gasteiger partial charge is 0.292 e. The number of nitrogens with zero attached hydrogens (tertiary/aromatic N) is 4. The highest BCUT2D eigenvalue weighted by Crippen LogP contribution is 2.38. The van der Waals surface area contributed by atoms with Crippen LogP contribution in [0.3, 0.4) is 0 Å². The summed E-state index contributed by atoms with van der Waals surface area (Å²) in [6.07, 6.45) is 0. The lowest BCUT2D eigenvalue weighted by Gasteiger charge is -2.03. The first-order chi connectivity index (χ1) is 12.5. The van der Waals surface area contributed by atoms with Crippen molar-refractivity contribution in [3.05, 3.63) is 58.6 Å². The number of benzene rings is 2. The van der Waals surface area contributed by atoms with Gasteiger partial charge in [-0.25, -0.2) is 0 Å². The summed E-state index contributed by atoms with van der Waals surface area (Å²) in [6, 6.07) is 13.5. The number of anilines is 1. The molecule has 1 aromatic heterocycles. The zero-order chi connectivity index (χ0) is 18.7. The second kappa shape index (κ2) is 7.28. The van der Waals surface area contributed by atoms with Crippen LogP contribution >= 0.6 is 12.2 Å². The molecule has 0 amide bonds. The maximum atomic E-state index is 11.0. The van der Waals surface area contributed by atoms with Crippen molar-refractivity contribution in [2.75, 3.05) is 5.32 Å².